The summed E-state index contributed by atoms with van der Waals surface area (Å²) in [7, 11) is 4.56. The highest BCUT2D eigenvalue weighted by atomic mass is 16.5. The zero-order valence-electron chi connectivity index (χ0n) is 17.5. The third-order valence-corrected chi connectivity index (χ3v) is 5.40. The number of carbonyl (C=O) groups excluding carboxylic acids is 2. The van der Waals surface area contributed by atoms with Crippen LogP contribution >= 0.6 is 0 Å². The van der Waals surface area contributed by atoms with Gasteiger partial charge in [0, 0.05) is 30.6 Å². The van der Waals surface area contributed by atoms with Gasteiger partial charge in [0.2, 0.25) is 11.7 Å². The van der Waals surface area contributed by atoms with Crippen LogP contribution in [0.1, 0.15) is 49.9 Å². The number of carbonyl (C=O) groups is 2. The molecule has 1 saturated heterocycles. The summed E-state index contributed by atoms with van der Waals surface area (Å²) in [4.78, 5) is 27.2. The number of likely N-dealkylation sites (tertiary alicyclic amines) is 1. The third kappa shape index (κ3) is 4.88. The first-order chi connectivity index (χ1) is 13.5. The first-order valence-corrected chi connectivity index (χ1v) is 9.88. The van der Waals surface area contributed by atoms with Crippen LogP contribution in [0.15, 0.2) is 12.1 Å². The number of piperidine rings is 1. The summed E-state index contributed by atoms with van der Waals surface area (Å²) in [5.41, 5.74) is 0.449. The summed E-state index contributed by atoms with van der Waals surface area (Å²) in [6, 6.07) is 3.32. The van der Waals surface area contributed by atoms with Crippen LogP contribution in [0.25, 0.3) is 0 Å². The Morgan fingerprint density at radius 1 is 1.04 bits per heavy atom. The van der Waals surface area contributed by atoms with Crippen molar-refractivity contribution in [2.75, 3.05) is 34.4 Å². The lowest BCUT2D eigenvalue weighted by Gasteiger charge is -2.34. The zero-order valence-corrected chi connectivity index (χ0v) is 17.5. The van der Waals surface area contributed by atoms with Gasteiger partial charge in [-0.3, -0.25) is 9.59 Å². The molecule has 2 rings (SSSR count). The number of nitrogens with zero attached hydrogens (tertiary/aromatic N) is 1. The van der Waals surface area contributed by atoms with Gasteiger partial charge in [-0.25, -0.2) is 0 Å². The molecule has 1 heterocycles. The normalized spacial score (nSPS) is 14.7. The van der Waals surface area contributed by atoms with Crippen LogP contribution in [-0.2, 0) is 4.79 Å². The van der Waals surface area contributed by atoms with Crippen molar-refractivity contribution in [3.63, 3.8) is 0 Å². The Kier molecular flexibility index (Phi) is 7.96. The van der Waals surface area contributed by atoms with E-state index in [4.69, 9.17) is 14.2 Å². The maximum absolute atomic E-state index is 12.7. The van der Waals surface area contributed by atoms with E-state index in [0.29, 0.717) is 35.9 Å². The highest BCUT2D eigenvalue weighted by Crippen LogP contribution is 2.38. The number of nitrogens with one attached hydrogen (secondary N) is 1. The zero-order chi connectivity index (χ0) is 20.7. The van der Waals surface area contributed by atoms with Gasteiger partial charge >= 0.3 is 0 Å². The smallest absolute Gasteiger partial charge is 0.251 e. The van der Waals surface area contributed by atoms with Gasteiger partial charge < -0.3 is 24.4 Å². The number of benzene rings is 1. The molecule has 0 saturated carbocycles. The summed E-state index contributed by atoms with van der Waals surface area (Å²) in [6.07, 6.45) is 3.24. The lowest BCUT2D eigenvalue weighted by atomic mass is 9.98. The molecule has 1 aromatic rings. The van der Waals surface area contributed by atoms with E-state index in [1.807, 2.05) is 4.90 Å². The minimum atomic E-state index is -0.191. The topological polar surface area (TPSA) is 77.1 Å². The standard InChI is InChI=1S/C21H32N2O5/c1-6-14(7-2)21(25)23-10-8-16(9-11-23)22-20(24)15-12-17(26-3)19(28-5)18(13-15)27-4/h12-14,16H,6-11H2,1-5H3,(H,22,24). The molecule has 0 bridgehead atoms. The van der Waals surface area contributed by atoms with Gasteiger partial charge in [-0.15, -0.1) is 0 Å². The molecule has 156 valence electrons. The minimum Gasteiger partial charge on any atom is -0.493 e. The quantitative estimate of drug-likeness (QED) is 0.736. The second-order valence-corrected chi connectivity index (χ2v) is 7.00. The van der Waals surface area contributed by atoms with Crippen LogP contribution in [-0.4, -0.2) is 57.2 Å². The maximum Gasteiger partial charge on any atom is 0.251 e. The van der Waals surface area contributed by atoms with E-state index in [1.54, 1.807) is 12.1 Å². The van der Waals surface area contributed by atoms with Gasteiger partial charge in [-0.1, -0.05) is 13.8 Å². The molecular weight excluding hydrogens is 360 g/mol. The molecule has 0 unspecified atom stereocenters. The second-order valence-electron chi connectivity index (χ2n) is 7.00. The van der Waals surface area contributed by atoms with Gasteiger partial charge in [0.15, 0.2) is 11.5 Å². The molecule has 28 heavy (non-hydrogen) atoms. The highest BCUT2D eigenvalue weighted by Gasteiger charge is 2.27. The fourth-order valence-corrected chi connectivity index (χ4v) is 3.62. The second kappa shape index (κ2) is 10.2. The van der Waals surface area contributed by atoms with Crippen molar-refractivity contribution in [1.82, 2.24) is 10.2 Å². The van der Waals surface area contributed by atoms with Crippen LogP contribution in [0.4, 0.5) is 0 Å². The van der Waals surface area contributed by atoms with E-state index in [-0.39, 0.29) is 23.8 Å². The van der Waals surface area contributed by atoms with Crippen LogP contribution in [0.2, 0.25) is 0 Å². The van der Waals surface area contributed by atoms with Crippen LogP contribution in [0.5, 0.6) is 17.2 Å². The predicted octanol–water partition coefficient (Wildman–Crippen LogP) is 2.87. The van der Waals surface area contributed by atoms with Gasteiger partial charge in [0.05, 0.1) is 21.3 Å². The predicted molar refractivity (Wildman–Crippen MR) is 107 cm³/mol. The molecule has 7 heteroatoms. The number of hydrogen-bond donors (Lipinski definition) is 1. The summed E-state index contributed by atoms with van der Waals surface area (Å²) in [6.45, 7) is 5.46. The van der Waals surface area contributed by atoms with Crippen molar-refractivity contribution in [2.24, 2.45) is 5.92 Å². The summed E-state index contributed by atoms with van der Waals surface area (Å²) < 4.78 is 15.9. The number of amides is 2. The number of hydrogen-bond acceptors (Lipinski definition) is 5. The molecule has 0 aliphatic carbocycles. The Morgan fingerprint density at radius 3 is 2.00 bits per heavy atom. The molecule has 1 aliphatic rings. The van der Waals surface area contributed by atoms with E-state index in [0.717, 1.165) is 25.7 Å². The Hall–Kier alpha value is -2.44. The minimum absolute atomic E-state index is 0.0392. The summed E-state index contributed by atoms with van der Waals surface area (Å²) >= 11 is 0. The van der Waals surface area contributed by atoms with Crippen molar-refractivity contribution in [3.8, 4) is 17.2 Å². The first kappa shape index (κ1) is 21.9. The van der Waals surface area contributed by atoms with E-state index in [9.17, 15) is 9.59 Å². The van der Waals surface area contributed by atoms with Gasteiger partial charge in [0.1, 0.15) is 0 Å². The van der Waals surface area contributed by atoms with E-state index in [2.05, 4.69) is 19.2 Å². The summed E-state index contributed by atoms with van der Waals surface area (Å²) in [5.74, 6) is 1.48. The van der Waals surface area contributed by atoms with E-state index in [1.165, 1.54) is 21.3 Å². The van der Waals surface area contributed by atoms with Crippen LogP contribution in [0, 0.1) is 5.92 Å². The van der Waals surface area contributed by atoms with Crippen LogP contribution in [0.3, 0.4) is 0 Å². The molecule has 1 fully saturated rings. The Bertz CT molecular complexity index is 654. The Balaban J connectivity index is 2.00. The first-order valence-electron chi connectivity index (χ1n) is 9.88. The fourth-order valence-electron chi connectivity index (χ4n) is 3.62. The molecule has 1 aliphatic heterocycles. The lowest BCUT2D eigenvalue weighted by molar-refractivity contribution is -0.136. The largest absolute Gasteiger partial charge is 0.493 e. The lowest BCUT2D eigenvalue weighted by Crippen LogP contribution is -2.48. The molecule has 0 spiro atoms. The molecule has 1 aromatic carbocycles. The van der Waals surface area contributed by atoms with Crippen molar-refractivity contribution in [2.45, 2.75) is 45.6 Å². The Morgan fingerprint density at radius 2 is 1.57 bits per heavy atom. The highest BCUT2D eigenvalue weighted by molar-refractivity contribution is 5.95. The number of rotatable bonds is 8. The van der Waals surface area contributed by atoms with Crippen molar-refractivity contribution >= 4 is 11.8 Å². The molecule has 0 aromatic heterocycles. The fraction of sp³-hybridized carbons (Fsp3) is 0.619. The van der Waals surface area contributed by atoms with Gasteiger partial charge in [-0.2, -0.15) is 0 Å². The molecular formula is C21H32N2O5. The molecule has 7 nitrogen and oxygen atoms in total. The third-order valence-electron chi connectivity index (χ3n) is 5.40. The van der Waals surface area contributed by atoms with E-state index < -0.39 is 0 Å². The number of methoxy groups -OCH3 is 3. The van der Waals surface area contributed by atoms with Crippen molar-refractivity contribution in [3.05, 3.63) is 17.7 Å². The number of ether oxygens (including phenoxy) is 3. The molecule has 0 atom stereocenters. The van der Waals surface area contributed by atoms with Crippen molar-refractivity contribution in [1.29, 1.82) is 0 Å². The van der Waals surface area contributed by atoms with Crippen LogP contribution < -0.4 is 19.5 Å². The van der Waals surface area contributed by atoms with Gasteiger partial charge in [-0.05, 0) is 37.8 Å². The summed E-state index contributed by atoms with van der Waals surface area (Å²) in [5, 5.41) is 3.06. The molecule has 1 N–H and O–H groups in total. The maximum atomic E-state index is 12.7. The van der Waals surface area contributed by atoms with Crippen molar-refractivity contribution < 1.29 is 23.8 Å². The van der Waals surface area contributed by atoms with E-state index >= 15 is 0 Å². The molecule has 0 radical (unpaired) electrons. The SMILES string of the molecule is CCC(CC)C(=O)N1CCC(NC(=O)c2cc(OC)c(OC)c(OC)c2)CC1. The monoisotopic (exact) mass is 392 g/mol. The Labute approximate surface area is 167 Å². The van der Waals surface area contributed by atoms with Gasteiger partial charge in [0.25, 0.3) is 5.91 Å². The average molecular weight is 392 g/mol. The molecule has 2 amide bonds. The average Bonchev–Trinajstić information content (AvgIpc) is 2.73.